The van der Waals surface area contributed by atoms with Gasteiger partial charge in [0.1, 0.15) is 0 Å². The molecule has 2 aromatic carbocycles. The van der Waals surface area contributed by atoms with Crippen LogP contribution in [0.1, 0.15) is 5.56 Å². The maximum absolute atomic E-state index is 12.7. The fraction of sp³-hybridized carbons (Fsp3) is 0.211. The van der Waals surface area contributed by atoms with Crippen LogP contribution in [0.15, 0.2) is 59.5 Å². The van der Waals surface area contributed by atoms with E-state index in [9.17, 15) is 13.2 Å². The van der Waals surface area contributed by atoms with E-state index in [1.165, 1.54) is 22.5 Å². The lowest BCUT2D eigenvalue weighted by Crippen LogP contribution is -2.50. The van der Waals surface area contributed by atoms with Crippen molar-refractivity contribution >= 4 is 45.2 Å². The highest BCUT2D eigenvalue weighted by Gasteiger charge is 2.29. The Morgan fingerprint density at radius 1 is 0.926 bits per heavy atom. The summed E-state index contributed by atoms with van der Waals surface area (Å²) in [6.07, 6.45) is 3.21. The fourth-order valence-electron chi connectivity index (χ4n) is 2.77. The third-order valence-corrected chi connectivity index (χ3v) is 6.65. The topological polar surface area (TPSA) is 57.7 Å². The van der Waals surface area contributed by atoms with E-state index >= 15 is 0 Å². The summed E-state index contributed by atoms with van der Waals surface area (Å²) >= 11 is 11.7. The van der Waals surface area contributed by atoms with E-state index in [0.717, 1.165) is 5.56 Å². The number of carbonyl (C=O) groups excluding carboxylic acids is 1. The van der Waals surface area contributed by atoms with Gasteiger partial charge in [-0.1, -0.05) is 41.4 Å². The summed E-state index contributed by atoms with van der Waals surface area (Å²) in [5.74, 6) is -0.148. The number of benzene rings is 2. The molecule has 1 heterocycles. The van der Waals surface area contributed by atoms with Crippen molar-refractivity contribution in [3.8, 4) is 0 Å². The van der Waals surface area contributed by atoms with Gasteiger partial charge in [0.25, 0.3) is 0 Å². The minimum atomic E-state index is -3.61. The molecule has 1 aliphatic heterocycles. The number of nitrogens with zero attached hydrogens (tertiary/aromatic N) is 2. The second kappa shape index (κ2) is 8.44. The average molecular weight is 425 g/mol. The Hall–Kier alpha value is -1.86. The van der Waals surface area contributed by atoms with Crippen LogP contribution >= 0.6 is 23.2 Å². The molecular weight excluding hydrogens is 407 g/mol. The molecule has 0 radical (unpaired) electrons. The molecule has 0 bridgehead atoms. The van der Waals surface area contributed by atoms with E-state index in [0.29, 0.717) is 23.1 Å². The fourth-order valence-corrected chi connectivity index (χ4v) is 4.62. The Morgan fingerprint density at radius 3 is 2.22 bits per heavy atom. The number of halogens is 2. The summed E-state index contributed by atoms with van der Waals surface area (Å²) in [5.41, 5.74) is 0.870. The van der Waals surface area contributed by atoms with Crippen molar-refractivity contribution in [2.75, 3.05) is 26.2 Å². The quantitative estimate of drug-likeness (QED) is 0.705. The lowest BCUT2D eigenvalue weighted by Gasteiger charge is -2.33. The van der Waals surface area contributed by atoms with Crippen LogP contribution < -0.4 is 0 Å². The molecule has 1 amide bonds. The summed E-state index contributed by atoms with van der Waals surface area (Å²) in [5, 5.41) is 1.01. The van der Waals surface area contributed by atoms with Gasteiger partial charge in [-0.3, -0.25) is 4.79 Å². The minimum Gasteiger partial charge on any atom is -0.337 e. The first kappa shape index (κ1) is 19.9. The van der Waals surface area contributed by atoms with Gasteiger partial charge in [-0.05, 0) is 42.0 Å². The van der Waals surface area contributed by atoms with Gasteiger partial charge in [-0.15, -0.1) is 0 Å². The molecule has 0 spiro atoms. The third-order valence-electron chi connectivity index (χ3n) is 4.27. The zero-order valence-electron chi connectivity index (χ0n) is 14.4. The van der Waals surface area contributed by atoms with E-state index in [2.05, 4.69) is 0 Å². The molecule has 1 fully saturated rings. The van der Waals surface area contributed by atoms with Gasteiger partial charge >= 0.3 is 0 Å². The number of hydrogen-bond donors (Lipinski definition) is 0. The molecule has 142 valence electrons. The van der Waals surface area contributed by atoms with Gasteiger partial charge in [0.2, 0.25) is 15.9 Å². The summed E-state index contributed by atoms with van der Waals surface area (Å²) in [4.78, 5) is 14.1. The number of amides is 1. The molecule has 0 N–H and O–H groups in total. The first-order chi connectivity index (χ1) is 12.9. The molecule has 2 aromatic rings. The molecule has 3 rings (SSSR count). The largest absolute Gasteiger partial charge is 0.337 e. The number of rotatable bonds is 4. The second-order valence-corrected chi connectivity index (χ2v) is 8.88. The van der Waals surface area contributed by atoms with Crippen molar-refractivity contribution in [3.63, 3.8) is 0 Å². The summed E-state index contributed by atoms with van der Waals surface area (Å²) in [6, 6.07) is 13.3. The molecule has 27 heavy (non-hydrogen) atoms. The van der Waals surface area contributed by atoms with Crippen molar-refractivity contribution in [3.05, 3.63) is 70.2 Å². The molecule has 0 aliphatic carbocycles. The second-order valence-electron chi connectivity index (χ2n) is 6.07. The van der Waals surface area contributed by atoms with Crippen LogP contribution in [0.2, 0.25) is 10.0 Å². The van der Waals surface area contributed by atoms with Gasteiger partial charge in [-0.2, -0.15) is 4.31 Å². The lowest BCUT2D eigenvalue weighted by atomic mass is 10.2. The third kappa shape index (κ3) is 4.90. The van der Waals surface area contributed by atoms with Gasteiger partial charge in [0, 0.05) is 42.3 Å². The lowest BCUT2D eigenvalue weighted by molar-refractivity contribution is -0.127. The highest BCUT2D eigenvalue weighted by molar-refractivity contribution is 7.89. The Morgan fingerprint density at radius 2 is 1.59 bits per heavy atom. The van der Waals surface area contributed by atoms with E-state index in [4.69, 9.17) is 23.2 Å². The van der Waals surface area contributed by atoms with Crippen LogP contribution in [-0.4, -0.2) is 49.7 Å². The predicted molar refractivity (Wildman–Crippen MR) is 107 cm³/mol. The van der Waals surface area contributed by atoms with Crippen LogP contribution in [0.5, 0.6) is 0 Å². The van der Waals surface area contributed by atoms with Crippen LogP contribution in [0.3, 0.4) is 0 Å². The van der Waals surface area contributed by atoms with Crippen molar-refractivity contribution < 1.29 is 13.2 Å². The minimum absolute atomic E-state index is 0.148. The van der Waals surface area contributed by atoms with Crippen LogP contribution in [0, 0.1) is 0 Å². The normalized spacial score (nSPS) is 16.0. The van der Waals surface area contributed by atoms with Crippen LogP contribution in [0.4, 0.5) is 0 Å². The summed E-state index contributed by atoms with van der Waals surface area (Å²) in [7, 11) is -3.61. The molecule has 1 saturated heterocycles. The summed E-state index contributed by atoms with van der Waals surface area (Å²) < 4.78 is 26.8. The number of sulfonamides is 1. The molecule has 0 unspecified atom stereocenters. The number of hydrogen-bond acceptors (Lipinski definition) is 3. The Kier molecular flexibility index (Phi) is 6.22. The standard InChI is InChI=1S/C19H18Cl2N2O3S/c20-16-7-4-15(5-8-16)6-9-19(24)22-10-12-23(13-11-22)27(25,26)18-3-1-2-17(21)14-18/h1-9,14H,10-13H2/b9-6+. The first-order valence-corrected chi connectivity index (χ1v) is 10.5. The first-order valence-electron chi connectivity index (χ1n) is 8.34. The zero-order valence-corrected chi connectivity index (χ0v) is 16.7. The Labute approximate surface area is 168 Å². The van der Waals surface area contributed by atoms with E-state index < -0.39 is 10.0 Å². The average Bonchev–Trinajstić information content (AvgIpc) is 2.67. The van der Waals surface area contributed by atoms with Gasteiger partial charge in [0.05, 0.1) is 4.90 Å². The highest BCUT2D eigenvalue weighted by atomic mass is 35.5. The molecule has 5 nitrogen and oxygen atoms in total. The number of carbonyl (C=O) groups is 1. The number of piperazine rings is 1. The van der Waals surface area contributed by atoms with E-state index in [1.807, 2.05) is 12.1 Å². The van der Waals surface area contributed by atoms with Crippen molar-refractivity contribution in [2.45, 2.75) is 4.90 Å². The SMILES string of the molecule is O=C(/C=C/c1ccc(Cl)cc1)N1CCN(S(=O)(=O)c2cccc(Cl)c2)CC1. The monoisotopic (exact) mass is 424 g/mol. The Balaban J connectivity index is 1.61. The maximum atomic E-state index is 12.7. The molecule has 0 aromatic heterocycles. The molecular formula is C19H18Cl2N2O3S. The van der Waals surface area contributed by atoms with Crippen molar-refractivity contribution in [1.29, 1.82) is 0 Å². The predicted octanol–water partition coefficient (Wildman–Crippen LogP) is 3.54. The summed E-state index contributed by atoms with van der Waals surface area (Å²) in [6.45, 7) is 1.16. The van der Waals surface area contributed by atoms with Crippen LogP contribution in [0.25, 0.3) is 6.08 Å². The van der Waals surface area contributed by atoms with Crippen LogP contribution in [-0.2, 0) is 14.8 Å². The highest BCUT2D eigenvalue weighted by Crippen LogP contribution is 2.21. The van der Waals surface area contributed by atoms with E-state index in [1.54, 1.807) is 35.2 Å². The molecule has 0 saturated carbocycles. The van der Waals surface area contributed by atoms with Crippen molar-refractivity contribution in [2.24, 2.45) is 0 Å². The molecule has 1 aliphatic rings. The van der Waals surface area contributed by atoms with Crippen molar-refractivity contribution in [1.82, 2.24) is 9.21 Å². The van der Waals surface area contributed by atoms with Gasteiger partial charge in [0.15, 0.2) is 0 Å². The molecule has 0 atom stereocenters. The maximum Gasteiger partial charge on any atom is 0.246 e. The smallest absolute Gasteiger partial charge is 0.246 e. The Bertz CT molecular complexity index is 951. The van der Waals surface area contributed by atoms with Gasteiger partial charge in [-0.25, -0.2) is 8.42 Å². The van der Waals surface area contributed by atoms with Gasteiger partial charge < -0.3 is 4.90 Å². The zero-order chi connectivity index (χ0) is 19.4. The molecule has 8 heteroatoms. The van der Waals surface area contributed by atoms with E-state index in [-0.39, 0.29) is 23.9 Å².